The van der Waals surface area contributed by atoms with Crippen molar-refractivity contribution in [2.24, 2.45) is 5.92 Å². The standard InChI is InChI=1S/C17H26N4O2/c1-18-5-2-3-12-7-15(8-12)21-6-4-13-9-14(17(22)20-23)10-19-16(13)11-21/h9-10,12,15,18,23H,2-8,11H2,1H3,(H,20,22). The fraction of sp³-hybridized carbons (Fsp3) is 0.647. The average molecular weight is 318 g/mol. The van der Waals surface area contributed by atoms with Gasteiger partial charge in [-0.25, -0.2) is 5.48 Å². The van der Waals surface area contributed by atoms with Crippen LogP contribution in [0.3, 0.4) is 0 Å². The van der Waals surface area contributed by atoms with E-state index < -0.39 is 5.91 Å². The van der Waals surface area contributed by atoms with Crippen LogP contribution in [0.5, 0.6) is 0 Å². The first-order valence-electron chi connectivity index (χ1n) is 8.52. The second-order valence-corrected chi connectivity index (χ2v) is 6.73. The van der Waals surface area contributed by atoms with Gasteiger partial charge in [0.25, 0.3) is 5.91 Å². The fourth-order valence-corrected chi connectivity index (χ4v) is 3.74. The van der Waals surface area contributed by atoms with E-state index in [2.05, 4.69) is 15.2 Å². The van der Waals surface area contributed by atoms with E-state index in [9.17, 15) is 4.79 Å². The molecule has 1 aliphatic carbocycles. The summed E-state index contributed by atoms with van der Waals surface area (Å²) < 4.78 is 0. The number of carbonyl (C=O) groups excluding carboxylic acids is 1. The van der Waals surface area contributed by atoms with E-state index in [4.69, 9.17) is 5.21 Å². The number of pyridine rings is 1. The molecule has 1 amide bonds. The highest BCUT2D eigenvalue weighted by Gasteiger charge is 2.34. The van der Waals surface area contributed by atoms with Crippen molar-refractivity contribution in [3.63, 3.8) is 0 Å². The van der Waals surface area contributed by atoms with Crippen LogP contribution in [0.15, 0.2) is 12.3 Å². The summed E-state index contributed by atoms with van der Waals surface area (Å²) in [6.07, 6.45) is 7.70. The Balaban J connectivity index is 1.52. The molecule has 1 aromatic heterocycles. The lowest BCUT2D eigenvalue weighted by Gasteiger charge is -2.44. The lowest BCUT2D eigenvalue weighted by Crippen LogP contribution is -2.47. The second kappa shape index (κ2) is 7.38. The van der Waals surface area contributed by atoms with Crippen LogP contribution in [-0.2, 0) is 13.0 Å². The highest BCUT2D eigenvalue weighted by atomic mass is 16.5. The van der Waals surface area contributed by atoms with Crippen LogP contribution in [-0.4, -0.2) is 47.2 Å². The second-order valence-electron chi connectivity index (χ2n) is 6.73. The summed E-state index contributed by atoms with van der Waals surface area (Å²) in [4.78, 5) is 18.4. The van der Waals surface area contributed by atoms with Crippen LogP contribution < -0.4 is 10.8 Å². The Morgan fingerprint density at radius 3 is 3.04 bits per heavy atom. The number of fused-ring (bicyclic) bond motifs is 1. The van der Waals surface area contributed by atoms with Crippen molar-refractivity contribution in [3.8, 4) is 0 Å². The van der Waals surface area contributed by atoms with E-state index in [1.807, 2.05) is 13.1 Å². The number of amides is 1. The number of hydrogen-bond donors (Lipinski definition) is 3. The van der Waals surface area contributed by atoms with E-state index in [1.54, 1.807) is 11.7 Å². The molecule has 23 heavy (non-hydrogen) atoms. The molecule has 1 saturated carbocycles. The molecular weight excluding hydrogens is 292 g/mol. The Morgan fingerprint density at radius 2 is 2.30 bits per heavy atom. The maximum Gasteiger partial charge on any atom is 0.276 e. The Kier molecular flexibility index (Phi) is 5.25. The van der Waals surface area contributed by atoms with Crippen LogP contribution in [0.1, 0.15) is 47.3 Å². The first kappa shape index (κ1) is 16.4. The van der Waals surface area contributed by atoms with Gasteiger partial charge >= 0.3 is 0 Å². The Morgan fingerprint density at radius 1 is 1.48 bits per heavy atom. The summed E-state index contributed by atoms with van der Waals surface area (Å²) in [5.41, 5.74) is 4.29. The van der Waals surface area contributed by atoms with Gasteiger partial charge in [0.1, 0.15) is 0 Å². The number of carbonyl (C=O) groups is 1. The van der Waals surface area contributed by atoms with Gasteiger partial charge < -0.3 is 5.32 Å². The molecule has 0 aromatic carbocycles. The first-order valence-corrected chi connectivity index (χ1v) is 8.52. The van der Waals surface area contributed by atoms with Crippen LogP contribution in [0.25, 0.3) is 0 Å². The Bertz CT molecular complexity index is 558. The molecular formula is C17H26N4O2. The predicted molar refractivity (Wildman–Crippen MR) is 87.3 cm³/mol. The topological polar surface area (TPSA) is 77.5 Å². The zero-order valence-electron chi connectivity index (χ0n) is 13.7. The molecule has 0 bridgehead atoms. The largest absolute Gasteiger partial charge is 0.320 e. The van der Waals surface area contributed by atoms with Gasteiger partial charge in [0.15, 0.2) is 0 Å². The summed E-state index contributed by atoms with van der Waals surface area (Å²) in [5.74, 6) is 0.393. The lowest BCUT2D eigenvalue weighted by atomic mass is 9.76. The van der Waals surface area contributed by atoms with Crippen molar-refractivity contribution in [2.45, 2.75) is 44.7 Å². The normalized spacial score (nSPS) is 23.9. The van der Waals surface area contributed by atoms with Crippen LogP contribution in [0.2, 0.25) is 0 Å². The minimum atomic E-state index is -0.494. The molecule has 6 nitrogen and oxygen atoms in total. The number of nitrogens with zero attached hydrogens (tertiary/aromatic N) is 2. The van der Waals surface area contributed by atoms with Gasteiger partial charge in [-0.15, -0.1) is 0 Å². The van der Waals surface area contributed by atoms with E-state index in [1.165, 1.54) is 25.7 Å². The monoisotopic (exact) mass is 318 g/mol. The molecule has 126 valence electrons. The van der Waals surface area contributed by atoms with Crippen LogP contribution in [0, 0.1) is 5.92 Å². The van der Waals surface area contributed by atoms with Crippen molar-refractivity contribution < 1.29 is 10.0 Å². The molecule has 0 atom stereocenters. The molecule has 3 N–H and O–H groups in total. The fourth-order valence-electron chi connectivity index (χ4n) is 3.74. The van der Waals surface area contributed by atoms with Crippen molar-refractivity contribution in [1.82, 2.24) is 20.7 Å². The van der Waals surface area contributed by atoms with Crippen molar-refractivity contribution in [1.29, 1.82) is 0 Å². The molecule has 0 unspecified atom stereocenters. The number of hydroxylamine groups is 1. The summed E-state index contributed by atoms with van der Waals surface area (Å²) in [6.45, 7) is 3.03. The summed E-state index contributed by atoms with van der Waals surface area (Å²) in [5, 5.41) is 11.9. The zero-order valence-corrected chi connectivity index (χ0v) is 13.7. The van der Waals surface area contributed by atoms with Gasteiger partial charge in [-0.3, -0.25) is 19.9 Å². The quantitative estimate of drug-likeness (QED) is 0.419. The number of aromatic nitrogens is 1. The predicted octanol–water partition coefficient (Wildman–Crippen LogP) is 1.34. The van der Waals surface area contributed by atoms with Crippen molar-refractivity contribution >= 4 is 5.91 Å². The summed E-state index contributed by atoms with van der Waals surface area (Å²) in [6, 6.07) is 2.55. The third-order valence-corrected chi connectivity index (χ3v) is 5.21. The Labute approximate surface area is 137 Å². The van der Waals surface area contributed by atoms with Crippen molar-refractivity contribution in [2.75, 3.05) is 20.1 Å². The molecule has 0 radical (unpaired) electrons. The summed E-state index contributed by atoms with van der Waals surface area (Å²) >= 11 is 0. The molecule has 6 heteroatoms. The SMILES string of the molecule is CNCCCC1CC(N2CCc3cc(C(=O)NO)cnc3C2)C1. The minimum Gasteiger partial charge on any atom is -0.320 e. The highest BCUT2D eigenvalue weighted by Crippen LogP contribution is 2.36. The molecule has 2 heterocycles. The van der Waals surface area contributed by atoms with E-state index >= 15 is 0 Å². The molecule has 2 aliphatic rings. The van der Waals surface area contributed by atoms with Crippen LogP contribution in [0.4, 0.5) is 0 Å². The smallest absolute Gasteiger partial charge is 0.276 e. The van der Waals surface area contributed by atoms with Gasteiger partial charge in [-0.1, -0.05) is 0 Å². The van der Waals surface area contributed by atoms with E-state index in [0.717, 1.165) is 43.2 Å². The summed E-state index contributed by atoms with van der Waals surface area (Å²) in [7, 11) is 2.01. The van der Waals surface area contributed by atoms with Gasteiger partial charge in [0, 0.05) is 25.3 Å². The lowest BCUT2D eigenvalue weighted by molar-refractivity contribution is 0.0609. The molecule has 1 aromatic rings. The van der Waals surface area contributed by atoms with Gasteiger partial charge in [0.05, 0.1) is 11.3 Å². The number of nitrogens with one attached hydrogen (secondary N) is 2. The molecule has 0 spiro atoms. The number of rotatable bonds is 6. The van der Waals surface area contributed by atoms with Crippen LogP contribution >= 0.6 is 0 Å². The van der Waals surface area contributed by atoms with E-state index in [-0.39, 0.29) is 0 Å². The molecule has 1 fully saturated rings. The minimum absolute atomic E-state index is 0.424. The maximum atomic E-state index is 11.5. The average Bonchev–Trinajstić information content (AvgIpc) is 2.55. The van der Waals surface area contributed by atoms with E-state index in [0.29, 0.717) is 11.6 Å². The van der Waals surface area contributed by atoms with Gasteiger partial charge in [-0.2, -0.15) is 0 Å². The highest BCUT2D eigenvalue weighted by molar-refractivity contribution is 5.93. The third-order valence-electron chi connectivity index (χ3n) is 5.21. The van der Waals surface area contributed by atoms with Gasteiger partial charge in [0.2, 0.25) is 0 Å². The molecule has 3 rings (SSSR count). The first-order chi connectivity index (χ1) is 11.2. The molecule has 1 aliphatic heterocycles. The maximum absolute atomic E-state index is 11.5. The molecule has 0 saturated heterocycles. The zero-order chi connectivity index (χ0) is 16.2. The van der Waals surface area contributed by atoms with Crippen molar-refractivity contribution in [3.05, 3.63) is 29.1 Å². The number of hydrogen-bond acceptors (Lipinski definition) is 5. The Hall–Kier alpha value is -1.50. The third kappa shape index (κ3) is 3.71. The van der Waals surface area contributed by atoms with Gasteiger partial charge in [-0.05, 0) is 63.2 Å².